The minimum absolute atomic E-state index is 0.0186. The van der Waals surface area contributed by atoms with Gasteiger partial charge in [-0.15, -0.1) is 0 Å². The number of carbonyl (C=O) groups excluding carboxylic acids is 2. The van der Waals surface area contributed by atoms with E-state index < -0.39 is 0 Å². The molecule has 0 radical (unpaired) electrons. The van der Waals surface area contributed by atoms with Crippen molar-refractivity contribution < 1.29 is 19.1 Å². The summed E-state index contributed by atoms with van der Waals surface area (Å²) in [5, 5.41) is 0. The largest absolute Gasteiger partial charge is 0.462 e. The molecule has 5 heteroatoms. The summed E-state index contributed by atoms with van der Waals surface area (Å²) in [6.45, 7) is 7.74. The van der Waals surface area contributed by atoms with E-state index in [0.29, 0.717) is 12.8 Å². The van der Waals surface area contributed by atoms with Gasteiger partial charge in [-0.25, -0.2) is 0 Å². The maximum Gasteiger partial charge on any atom is 0.306 e. The molecule has 0 aliphatic heterocycles. The lowest BCUT2D eigenvalue weighted by atomic mass is 10.0. The first-order valence-electron chi connectivity index (χ1n) is 22.5. The van der Waals surface area contributed by atoms with Gasteiger partial charge < -0.3 is 14.4 Å². The second-order valence-electron chi connectivity index (χ2n) is 15.9. The summed E-state index contributed by atoms with van der Waals surface area (Å²) >= 11 is 0. The number of hydrogen-bond donors (Lipinski definition) is 0. The van der Waals surface area contributed by atoms with Crippen LogP contribution in [0.3, 0.4) is 0 Å². The number of esters is 2. The average molecular weight is 708 g/mol. The fraction of sp³-hybridized carbons (Fsp3) is 0.956. The number of unbranched alkanes of at least 4 members (excludes halogenated alkanes) is 24. The van der Waals surface area contributed by atoms with Gasteiger partial charge in [-0.2, -0.15) is 0 Å². The van der Waals surface area contributed by atoms with Crippen molar-refractivity contribution in [1.29, 1.82) is 0 Å². The van der Waals surface area contributed by atoms with Crippen LogP contribution in [-0.2, 0) is 19.1 Å². The Bertz CT molecular complexity index is 691. The molecule has 0 aromatic rings. The van der Waals surface area contributed by atoms with Crippen LogP contribution >= 0.6 is 0 Å². The van der Waals surface area contributed by atoms with E-state index in [2.05, 4.69) is 25.7 Å². The number of hydrogen-bond acceptors (Lipinski definition) is 5. The van der Waals surface area contributed by atoms with Crippen molar-refractivity contribution in [2.24, 2.45) is 0 Å². The molecule has 0 rings (SSSR count). The lowest BCUT2D eigenvalue weighted by Crippen LogP contribution is -2.20. The standard InChI is InChI=1S/C45H89NO4/c1-6-9-12-15-18-21-25-30-35-42(36-31-26-22-19-16-13-10-7-2)49-44(47)39-33-28-23-27-32-38-43(37-29-24-20-17-14-11-8-3)50-45(48)40-34-41-46(4)5/h42-43H,6-41H2,1-5H3. The van der Waals surface area contributed by atoms with E-state index in [1.54, 1.807) is 0 Å². The van der Waals surface area contributed by atoms with Crippen LogP contribution in [0.25, 0.3) is 0 Å². The third kappa shape index (κ3) is 36.7. The van der Waals surface area contributed by atoms with Gasteiger partial charge in [0.05, 0.1) is 0 Å². The first-order valence-corrected chi connectivity index (χ1v) is 22.5. The highest BCUT2D eigenvalue weighted by atomic mass is 16.5. The summed E-state index contributed by atoms with van der Waals surface area (Å²) in [6.07, 6.45) is 41.6. The molecule has 0 amide bonds. The minimum atomic E-state index is -0.0265. The number of carbonyl (C=O) groups is 2. The highest BCUT2D eigenvalue weighted by Gasteiger charge is 2.16. The maximum absolute atomic E-state index is 12.8. The van der Waals surface area contributed by atoms with E-state index in [1.165, 1.54) is 141 Å². The molecule has 0 spiro atoms. The molecule has 50 heavy (non-hydrogen) atoms. The summed E-state index contributed by atoms with van der Waals surface area (Å²) in [4.78, 5) is 27.5. The van der Waals surface area contributed by atoms with Gasteiger partial charge in [0, 0.05) is 12.8 Å². The zero-order chi connectivity index (χ0) is 36.8. The predicted molar refractivity (Wildman–Crippen MR) is 217 cm³/mol. The van der Waals surface area contributed by atoms with Gasteiger partial charge in [-0.1, -0.05) is 168 Å². The molecule has 1 unspecified atom stereocenters. The SMILES string of the molecule is CCCCCCCCCCC(CCCCCCCCCC)OC(=O)CCCCCCCC(CCCCCCCCC)OC(=O)CCCN(C)C. The van der Waals surface area contributed by atoms with Crippen LogP contribution in [0.15, 0.2) is 0 Å². The van der Waals surface area contributed by atoms with Gasteiger partial charge in [0.2, 0.25) is 0 Å². The van der Waals surface area contributed by atoms with Gasteiger partial charge in [-0.05, 0) is 84.8 Å². The molecule has 0 heterocycles. The Morgan fingerprint density at radius 2 is 0.640 bits per heavy atom. The fourth-order valence-electron chi connectivity index (χ4n) is 7.07. The Hall–Kier alpha value is -1.10. The number of nitrogens with zero attached hydrogens (tertiary/aromatic N) is 1. The lowest BCUT2D eigenvalue weighted by molar-refractivity contribution is -0.151. The van der Waals surface area contributed by atoms with Crippen molar-refractivity contribution in [3.05, 3.63) is 0 Å². The first-order chi connectivity index (χ1) is 24.4. The van der Waals surface area contributed by atoms with E-state index in [9.17, 15) is 9.59 Å². The second kappa shape index (κ2) is 39.1. The molecule has 0 aromatic carbocycles. The van der Waals surface area contributed by atoms with Crippen LogP contribution in [-0.4, -0.2) is 49.7 Å². The third-order valence-corrected chi connectivity index (χ3v) is 10.4. The van der Waals surface area contributed by atoms with Crippen LogP contribution in [0.4, 0.5) is 0 Å². The molecular weight excluding hydrogens is 618 g/mol. The smallest absolute Gasteiger partial charge is 0.306 e. The summed E-state index contributed by atoms with van der Waals surface area (Å²) in [6, 6.07) is 0. The van der Waals surface area contributed by atoms with Gasteiger partial charge in [0.15, 0.2) is 0 Å². The topological polar surface area (TPSA) is 55.8 Å². The molecule has 0 saturated heterocycles. The van der Waals surface area contributed by atoms with Gasteiger partial charge in [0.25, 0.3) is 0 Å². The first kappa shape index (κ1) is 48.9. The third-order valence-electron chi connectivity index (χ3n) is 10.4. The zero-order valence-electron chi connectivity index (χ0n) is 34.7. The Labute approximate surface area is 313 Å². The van der Waals surface area contributed by atoms with E-state index in [1.807, 2.05) is 14.1 Å². The van der Waals surface area contributed by atoms with Gasteiger partial charge in [-0.3, -0.25) is 9.59 Å². The highest BCUT2D eigenvalue weighted by molar-refractivity contribution is 5.69. The fourth-order valence-corrected chi connectivity index (χ4v) is 7.07. The van der Waals surface area contributed by atoms with Crippen molar-refractivity contribution in [2.45, 2.75) is 258 Å². The van der Waals surface area contributed by atoms with Crippen LogP contribution < -0.4 is 0 Å². The molecule has 298 valence electrons. The zero-order valence-corrected chi connectivity index (χ0v) is 34.7. The summed E-state index contributed by atoms with van der Waals surface area (Å²) in [7, 11) is 4.09. The van der Waals surface area contributed by atoms with Crippen LogP contribution in [0.2, 0.25) is 0 Å². The van der Waals surface area contributed by atoms with Crippen LogP contribution in [0, 0.1) is 0 Å². The Balaban J connectivity index is 4.42. The number of ether oxygens (including phenoxy) is 2. The van der Waals surface area contributed by atoms with E-state index in [-0.39, 0.29) is 24.1 Å². The normalized spacial score (nSPS) is 12.2. The van der Waals surface area contributed by atoms with Crippen molar-refractivity contribution >= 4 is 11.9 Å². The molecule has 0 fully saturated rings. The molecular formula is C45H89NO4. The number of rotatable bonds is 40. The Morgan fingerprint density at radius 1 is 0.380 bits per heavy atom. The van der Waals surface area contributed by atoms with Crippen LogP contribution in [0.5, 0.6) is 0 Å². The Kier molecular flexibility index (Phi) is 38.3. The van der Waals surface area contributed by atoms with Crippen molar-refractivity contribution in [2.75, 3.05) is 20.6 Å². The monoisotopic (exact) mass is 708 g/mol. The van der Waals surface area contributed by atoms with E-state index >= 15 is 0 Å². The molecule has 5 nitrogen and oxygen atoms in total. The molecule has 0 N–H and O–H groups in total. The molecule has 0 bridgehead atoms. The summed E-state index contributed by atoms with van der Waals surface area (Å²) in [5.74, 6) is -0.00787. The summed E-state index contributed by atoms with van der Waals surface area (Å²) in [5.41, 5.74) is 0. The Morgan fingerprint density at radius 3 is 0.940 bits per heavy atom. The van der Waals surface area contributed by atoms with Crippen LogP contribution in [0.1, 0.15) is 245 Å². The molecule has 0 aromatic heterocycles. The molecule has 0 aliphatic carbocycles. The van der Waals surface area contributed by atoms with Crippen molar-refractivity contribution in [3.63, 3.8) is 0 Å². The van der Waals surface area contributed by atoms with E-state index in [4.69, 9.17) is 9.47 Å². The average Bonchev–Trinajstić information content (AvgIpc) is 3.09. The minimum Gasteiger partial charge on any atom is -0.462 e. The van der Waals surface area contributed by atoms with Gasteiger partial charge >= 0.3 is 11.9 Å². The quantitative estimate of drug-likeness (QED) is 0.0469. The molecule has 0 saturated carbocycles. The van der Waals surface area contributed by atoms with E-state index in [0.717, 1.165) is 77.2 Å². The van der Waals surface area contributed by atoms with Gasteiger partial charge in [0.1, 0.15) is 12.2 Å². The highest BCUT2D eigenvalue weighted by Crippen LogP contribution is 2.20. The predicted octanol–water partition coefficient (Wildman–Crippen LogP) is 14.1. The molecule has 1 atom stereocenters. The van der Waals surface area contributed by atoms with Crippen molar-refractivity contribution in [1.82, 2.24) is 4.90 Å². The van der Waals surface area contributed by atoms with Crippen molar-refractivity contribution in [3.8, 4) is 0 Å². The lowest BCUT2D eigenvalue weighted by Gasteiger charge is -2.19. The summed E-state index contributed by atoms with van der Waals surface area (Å²) < 4.78 is 12.1. The molecule has 0 aliphatic rings. The second-order valence-corrected chi connectivity index (χ2v) is 15.9. The maximum atomic E-state index is 12.8.